The molecule has 0 amide bonds. The van der Waals surface area contributed by atoms with E-state index in [0.29, 0.717) is 13.1 Å². The van der Waals surface area contributed by atoms with Crippen molar-refractivity contribution in [3.05, 3.63) is 45.7 Å². The van der Waals surface area contributed by atoms with Gasteiger partial charge in [-0.25, -0.2) is 14.4 Å². The highest BCUT2D eigenvalue weighted by Gasteiger charge is 2.09. The lowest BCUT2D eigenvalue weighted by molar-refractivity contribution is 0.386. The number of benzene rings is 1. The third-order valence-corrected chi connectivity index (χ3v) is 4.21. The van der Waals surface area contributed by atoms with Crippen LogP contribution in [0.25, 0.3) is 0 Å². The third kappa shape index (κ3) is 6.43. The number of hydrogen-bond acceptors (Lipinski definition) is 4. The van der Waals surface area contributed by atoms with Gasteiger partial charge in [0.2, 0.25) is 0 Å². The molecule has 2 rings (SSSR count). The Bertz CT molecular complexity index is 708. The van der Waals surface area contributed by atoms with Crippen LogP contribution in [0.5, 0.6) is 5.75 Å². The normalized spacial score (nSPS) is 11.0. The molecule has 0 radical (unpaired) electrons. The lowest BCUT2D eigenvalue weighted by Crippen LogP contribution is -2.38. The van der Waals surface area contributed by atoms with Gasteiger partial charge in [0.15, 0.2) is 17.5 Å². The van der Waals surface area contributed by atoms with Crippen LogP contribution in [0.15, 0.2) is 28.6 Å². The first-order chi connectivity index (χ1) is 11.5. The number of thiazole rings is 1. The van der Waals surface area contributed by atoms with Crippen LogP contribution in [0.1, 0.15) is 23.2 Å². The summed E-state index contributed by atoms with van der Waals surface area (Å²) in [4.78, 5) is 11.1. The molecule has 0 unspecified atom stereocenters. The summed E-state index contributed by atoms with van der Waals surface area (Å²) in [6.45, 7) is 5.84. The maximum atomic E-state index is 13.8. The minimum atomic E-state index is -0.374. The van der Waals surface area contributed by atoms with Gasteiger partial charge in [-0.15, -0.1) is 35.3 Å². The van der Waals surface area contributed by atoms with Gasteiger partial charge in [-0.05, 0) is 31.5 Å². The van der Waals surface area contributed by atoms with Crippen LogP contribution in [0, 0.1) is 12.7 Å². The second-order valence-electron chi connectivity index (χ2n) is 5.35. The highest BCUT2D eigenvalue weighted by molar-refractivity contribution is 14.0. The summed E-state index contributed by atoms with van der Waals surface area (Å²) in [5.41, 5.74) is 1.81. The first-order valence-electron chi connectivity index (χ1n) is 7.76. The molecule has 0 aliphatic carbocycles. The van der Waals surface area contributed by atoms with Crippen molar-refractivity contribution in [2.75, 3.05) is 20.7 Å². The van der Waals surface area contributed by atoms with Crippen LogP contribution >= 0.6 is 35.3 Å². The van der Waals surface area contributed by atoms with Crippen molar-refractivity contribution in [3.63, 3.8) is 0 Å². The van der Waals surface area contributed by atoms with Gasteiger partial charge in [0, 0.05) is 19.0 Å². The van der Waals surface area contributed by atoms with Crippen LogP contribution in [0.2, 0.25) is 0 Å². The maximum Gasteiger partial charge on any atom is 0.194 e. The third-order valence-electron chi connectivity index (χ3n) is 3.39. The van der Waals surface area contributed by atoms with Crippen molar-refractivity contribution < 1.29 is 9.13 Å². The maximum absolute atomic E-state index is 13.8. The lowest BCUT2D eigenvalue weighted by Gasteiger charge is -2.21. The summed E-state index contributed by atoms with van der Waals surface area (Å²) in [6, 6.07) is 4.89. The number of aryl methyl sites for hydroxylation is 1. The predicted octanol–water partition coefficient (Wildman–Crippen LogP) is 3.81. The molecule has 1 aromatic carbocycles. The highest BCUT2D eigenvalue weighted by atomic mass is 127. The van der Waals surface area contributed by atoms with Crippen molar-refractivity contribution in [2.45, 2.75) is 26.9 Å². The molecule has 138 valence electrons. The first kappa shape index (κ1) is 21.6. The molecule has 1 heterocycles. The summed E-state index contributed by atoms with van der Waals surface area (Å²) in [5.74, 6) is 0.631. The van der Waals surface area contributed by atoms with Gasteiger partial charge in [0.1, 0.15) is 0 Å². The molecular formula is C17H24FIN4OS. The minimum absolute atomic E-state index is 0. The highest BCUT2D eigenvalue weighted by Crippen LogP contribution is 2.18. The zero-order valence-corrected chi connectivity index (χ0v) is 18.0. The van der Waals surface area contributed by atoms with Gasteiger partial charge in [-0.1, -0.05) is 6.07 Å². The zero-order valence-electron chi connectivity index (χ0n) is 14.9. The van der Waals surface area contributed by atoms with E-state index in [1.165, 1.54) is 13.2 Å². The van der Waals surface area contributed by atoms with Gasteiger partial charge < -0.3 is 15.0 Å². The van der Waals surface area contributed by atoms with E-state index in [1.54, 1.807) is 17.4 Å². The second-order valence-corrected chi connectivity index (χ2v) is 6.42. The Hall–Kier alpha value is -1.42. The monoisotopic (exact) mass is 478 g/mol. The fourth-order valence-electron chi connectivity index (χ4n) is 2.24. The number of ether oxygens (including phenoxy) is 1. The number of aliphatic imine (C=N–C) groups is 1. The summed E-state index contributed by atoms with van der Waals surface area (Å²) in [5, 5.41) is 6.35. The first-order valence-corrected chi connectivity index (χ1v) is 8.64. The molecule has 8 heteroatoms. The van der Waals surface area contributed by atoms with Crippen molar-refractivity contribution in [1.29, 1.82) is 0 Å². The quantitative estimate of drug-likeness (QED) is 0.390. The van der Waals surface area contributed by atoms with Crippen molar-refractivity contribution in [3.8, 4) is 5.75 Å². The fraction of sp³-hybridized carbons (Fsp3) is 0.412. The van der Waals surface area contributed by atoms with E-state index in [0.717, 1.165) is 28.8 Å². The van der Waals surface area contributed by atoms with E-state index in [1.807, 2.05) is 37.2 Å². The predicted molar refractivity (Wildman–Crippen MR) is 112 cm³/mol. The van der Waals surface area contributed by atoms with Crippen LogP contribution in [-0.2, 0) is 13.1 Å². The van der Waals surface area contributed by atoms with Gasteiger partial charge in [-0.2, -0.15) is 0 Å². The summed E-state index contributed by atoms with van der Waals surface area (Å²) in [7, 11) is 3.42. The molecular weight excluding hydrogens is 454 g/mol. The Morgan fingerprint density at radius 3 is 2.76 bits per heavy atom. The summed E-state index contributed by atoms with van der Waals surface area (Å²) >= 11 is 1.64. The van der Waals surface area contributed by atoms with Gasteiger partial charge in [-0.3, -0.25) is 0 Å². The number of aromatic nitrogens is 1. The average Bonchev–Trinajstić information content (AvgIpc) is 2.96. The lowest BCUT2D eigenvalue weighted by atomic mass is 10.2. The molecule has 0 saturated heterocycles. The summed E-state index contributed by atoms with van der Waals surface area (Å²) in [6.07, 6.45) is 0. The molecule has 0 spiro atoms. The standard InChI is InChI=1S/C17H23FN4OS.HI/c1-5-19-17(22(3)10-14-11-24-12(2)21-14)20-9-13-6-7-16(23-4)15(18)8-13;/h6-8,11H,5,9-10H2,1-4H3,(H,19,20);1H. The molecule has 0 saturated carbocycles. The molecule has 0 aliphatic heterocycles. The van der Waals surface area contributed by atoms with Crippen molar-refractivity contribution in [2.24, 2.45) is 4.99 Å². The molecule has 1 N–H and O–H groups in total. The number of rotatable bonds is 6. The Morgan fingerprint density at radius 1 is 1.44 bits per heavy atom. The van der Waals surface area contributed by atoms with Crippen LogP contribution in [0.3, 0.4) is 0 Å². The van der Waals surface area contributed by atoms with E-state index in [-0.39, 0.29) is 35.5 Å². The second kappa shape index (κ2) is 10.5. The molecule has 0 aliphatic rings. The number of halogens is 2. The molecule has 25 heavy (non-hydrogen) atoms. The SMILES string of the molecule is CCNC(=NCc1ccc(OC)c(F)c1)N(C)Cc1csc(C)n1.I. The molecule has 0 bridgehead atoms. The number of nitrogens with zero attached hydrogens (tertiary/aromatic N) is 3. The van der Waals surface area contributed by atoms with Gasteiger partial charge in [0.25, 0.3) is 0 Å². The molecule has 5 nitrogen and oxygen atoms in total. The van der Waals surface area contributed by atoms with E-state index in [2.05, 4.69) is 15.3 Å². The Morgan fingerprint density at radius 2 is 2.20 bits per heavy atom. The van der Waals surface area contributed by atoms with Gasteiger partial charge in [0.05, 0.1) is 30.9 Å². The van der Waals surface area contributed by atoms with Crippen molar-refractivity contribution in [1.82, 2.24) is 15.2 Å². The fourth-order valence-corrected chi connectivity index (χ4v) is 2.85. The molecule has 0 fully saturated rings. The largest absolute Gasteiger partial charge is 0.494 e. The van der Waals surface area contributed by atoms with E-state index < -0.39 is 0 Å². The van der Waals surface area contributed by atoms with E-state index in [4.69, 9.17) is 4.74 Å². The molecule has 0 atom stereocenters. The van der Waals surface area contributed by atoms with E-state index in [9.17, 15) is 4.39 Å². The smallest absolute Gasteiger partial charge is 0.194 e. The van der Waals surface area contributed by atoms with Gasteiger partial charge >= 0.3 is 0 Å². The Balaban J connectivity index is 0.00000312. The number of methoxy groups -OCH3 is 1. The average molecular weight is 478 g/mol. The zero-order chi connectivity index (χ0) is 17.5. The molecule has 1 aromatic heterocycles. The minimum Gasteiger partial charge on any atom is -0.494 e. The summed E-state index contributed by atoms with van der Waals surface area (Å²) < 4.78 is 18.7. The van der Waals surface area contributed by atoms with Crippen LogP contribution in [-0.4, -0.2) is 36.5 Å². The Kier molecular flexibility index (Phi) is 9.12. The number of hydrogen-bond donors (Lipinski definition) is 1. The number of guanidine groups is 1. The van der Waals surface area contributed by atoms with Crippen LogP contribution < -0.4 is 10.1 Å². The topological polar surface area (TPSA) is 49.8 Å². The number of nitrogens with one attached hydrogen (secondary N) is 1. The van der Waals surface area contributed by atoms with Crippen molar-refractivity contribution >= 4 is 41.3 Å². The Labute approximate surface area is 169 Å². The molecule has 2 aromatic rings. The van der Waals surface area contributed by atoms with Crippen LogP contribution in [0.4, 0.5) is 4.39 Å². The van der Waals surface area contributed by atoms with E-state index >= 15 is 0 Å².